The summed E-state index contributed by atoms with van der Waals surface area (Å²) in [6, 6.07) is 0.323. The van der Waals surface area contributed by atoms with Crippen LogP contribution in [-0.2, 0) is 0 Å². The Balaban J connectivity index is 1.53. The van der Waals surface area contributed by atoms with Crippen LogP contribution in [0.2, 0.25) is 0 Å². The molecule has 6 unspecified atom stereocenters. The van der Waals surface area contributed by atoms with Crippen LogP contribution in [-0.4, -0.2) is 23.8 Å². The molecular formula is C18H30ClF2N. The average Bonchev–Trinajstić information content (AvgIpc) is 2.48. The molecule has 6 atom stereocenters. The Morgan fingerprint density at radius 1 is 0.682 bits per heavy atom. The van der Waals surface area contributed by atoms with Crippen LogP contribution in [0.25, 0.3) is 0 Å². The highest BCUT2D eigenvalue weighted by molar-refractivity contribution is 6.20. The van der Waals surface area contributed by atoms with E-state index in [2.05, 4.69) is 0 Å². The lowest BCUT2D eigenvalue weighted by molar-refractivity contribution is 0.0178. The lowest BCUT2D eigenvalue weighted by atomic mass is 9.65. The molecule has 0 aromatic carbocycles. The predicted molar refractivity (Wildman–Crippen MR) is 87.5 cm³/mol. The maximum atomic E-state index is 14.8. The number of hydrogen-bond donors (Lipinski definition) is 1. The summed E-state index contributed by atoms with van der Waals surface area (Å²) >= 11 is 6.06. The van der Waals surface area contributed by atoms with Crippen molar-refractivity contribution < 1.29 is 8.78 Å². The first kappa shape index (κ1) is 17.0. The molecule has 0 aromatic heterocycles. The minimum Gasteiger partial charge on any atom is -0.328 e. The molecule has 22 heavy (non-hydrogen) atoms. The Kier molecular flexibility index (Phi) is 5.65. The van der Waals surface area contributed by atoms with Crippen LogP contribution in [0, 0.1) is 23.7 Å². The number of hydrogen-bond acceptors (Lipinski definition) is 1. The van der Waals surface area contributed by atoms with Crippen molar-refractivity contribution in [2.75, 3.05) is 0 Å². The normalized spacial score (nSPS) is 50.7. The van der Waals surface area contributed by atoms with E-state index in [4.69, 9.17) is 17.3 Å². The van der Waals surface area contributed by atoms with Crippen molar-refractivity contribution in [2.45, 2.75) is 88.0 Å². The van der Waals surface area contributed by atoms with Gasteiger partial charge in [-0.1, -0.05) is 0 Å². The molecule has 0 bridgehead atoms. The molecule has 3 rings (SSSR count). The quantitative estimate of drug-likeness (QED) is 0.707. The van der Waals surface area contributed by atoms with E-state index >= 15 is 0 Å². The molecule has 0 spiro atoms. The van der Waals surface area contributed by atoms with Crippen molar-refractivity contribution in [1.29, 1.82) is 0 Å². The first-order chi connectivity index (χ1) is 10.5. The molecule has 4 heteroatoms. The van der Waals surface area contributed by atoms with E-state index in [1.807, 2.05) is 0 Å². The lowest BCUT2D eigenvalue weighted by Gasteiger charge is -2.43. The SMILES string of the molecule is NC1CCC(C2CCC(C3CCC(Cl)CC3F)CC2F)CC1. The average molecular weight is 334 g/mol. The molecular weight excluding hydrogens is 304 g/mol. The van der Waals surface area contributed by atoms with Gasteiger partial charge < -0.3 is 5.73 Å². The zero-order valence-electron chi connectivity index (χ0n) is 13.4. The van der Waals surface area contributed by atoms with Crippen molar-refractivity contribution in [3.05, 3.63) is 0 Å². The molecule has 2 N–H and O–H groups in total. The third-order valence-corrected chi connectivity index (χ3v) is 7.05. The molecule has 0 aromatic rings. The molecule has 0 aliphatic heterocycles. The molecule has 0 radical (unpaired) electrons. The van der Waals surface area contributed by atoms with Gasteiger partial charge in [0.15, 0.2) is 0 Å². The molecule has 0 heterocycles. The largest absolute Gasteiger partial charge is 0.328 e. The van der Waals surface area contributed by atoms with Crippen molar-refractivity contribution in [1.82, 2.24) is 0 Å². The molecule has 3 saturated carbocycles. The number of nitrogens with two attached hydrogens (primary N) is 1. The van der Waals surface area contributed by atoms with Crippen molar-refractivity contribution in [3.63, 3.8) is 0 Å². The summed E-state index contributed by atoms with van der Waals surface area (Å²) in [7, 11) is 0. The van der Waals surface area contributed by atoms with Gasteiger partial charge in [0.25, 0.3) is 0 Å². The van der Waals surface area contributed by atoms with Crippen molar-refractivity contribution in [2.24, 2.45) is 29.4 Å². The third-order valence-electron chi connectivity index (χ3n) is 6.65. The van der Waals surface area contributed by atoms with Gasteiger partial charge in [0, 0.05) is 11.4 Å². The molecule has 3 fully saturated rings. The van der Waals surface area contributed by atoms with Gasteiger partial charge in [0.1, 0.15) is 12.3 Å². The van der Waals surface area contributed by atoms with E-state index in [9.17, 15) is 8.78 Å². The molecule has 3 aliphatic carbocycles. The minimum absolute atomic E-state index is 0.0183. The molecule has 0 amide bonds. The van der Waals surface area contributed by atoms with Crippen molar-refractivity contribution in [3.8, 4) is 0 Å². The fourth-order valence-corrected chi connectivity index (χ4v) is 5.58. The Bertz CT molecular complexity index is 359. The fraction of sp³-hybridized carbons (Fsp3) is 1.00. The molecule has 3 aliphatic rings. The number of halogens is 3. The fourth-order valence-electron chi connectivity index (χ4n) is 5.28. The van der Waals surface area contributed by atoms with E-state index in [1.54, 1.807) is 0 Å². The highest BCUT2D eigenvalue weighted by Crippen LogP contribution is 2.46. The molecule has 1 nitrogen and oxygen atoms in total. The van der Waals surface area contributed by atoms with Gasteiger partial charge in [-0.2, -0.15) is 0 Å². The predicted octanol–water partition coefficient (Wildman–Crippen LogP) is 5.00. The summed E-state index contributed by atoms with van der Waals surface area (Å²) in [5.41, 5.74) is 5.96. The number of rotatable bonds is 2. The Morgan fingerprint density at radius 2 is 1.23 bits per heavy atom. The molecule has 128 valence electrons. The van der Waals surface area contributed by atoms with Crippen LogP contribution >= 0.6 is 11.6 Å². The van der Waals surface area contributed by atoms with Gasteiger partial charge in [-0.3, -0.25) is 0 Å². The van der Waals surface area contributed by atoms with Crippen LogP contribution in [0.5, 0.6) is 0 Å². The molecule has 0 saturated heterocycles. The summed E-state index contributed by atoms with van der Waals surface area (Å²) in [6.45, 7) is 0. The standard InChI is InChI=1S/C18H30ClF2N/c19-13-4-8-16(18(21)10-13)12-3-7-15(17(20)9-12)11-1-5-14(22)6-2-11/h11-18H,1-10,22H2. The second kappa shape index (κ2) is 7.34. The lowest BCUT2D eigenvalue weighted by Crippen LogP contribution is -2.40. The van der Waals surface area contributed by atoms with Crippen LogP contribution in [0.15, 0.2) is 0 Å². The van der Waals surface area contributed by atoms with Gasteiger partial charge in [-0.15, -0.1) is 11.6 Å². The smallest absolute Gasteiger partial charge is 0.105 e. The van der Waals surface area contributed by atoms with E-state index in [-0.39, 0.29) is 23.1 Å². The zero-order valence-corrected chi connectivity index (χ0v) is 14.2. The van der Waals surface area contributed by atoms with Gasteiger partial charge >= 0.3 is 0 Å². The number of alkyl halides is 3. The van der Waals surface area contributed by atoms with E-state index in [1.165, 1.54) is 0 Å². The van der Waals surface area contributed by atoms with Gasteiger partial charge in [0.2, 0.25) is 0 Å². The van der Waals surface area contributed by atoms with Crippen LogP contribution < -0.4 is 5.73 Å². The van der Waals surface area contributed by atoms with Crippen LogP contribution in [0.3, 0.4) is 0 Å². The van der Waals surface area contributed by atoms with Gasteiger partial charge in [0.05, 0.1) is 0 Å². The second-order valence-corrected chi connectivity index (χ2v) is 8.64. The van der Waals surface area contributed by atoms with Gasteiger partial charge in [-0.25, -0.2) is 8.78 Å². The Labute approximate surface area is 138 Å². The summed E-state index contributed by atoms with van der Waals surface area (Å²) in [6.07, 6.45) is 7.42. The maximum Gasteiger partial charge on any atom is 0.105 e. The van der Waals surface area contributed by atoms with Crippen LogP contribution in [0.1, 0.15) is 64.2 Å². The summed E-state index contributed by atoms with van der Waals surface area (Å²) < 4.78 is 29.0. The van der Waals surface area contributed by atoms with E-state index < -0.39 is 12.3 Å². The first-order valence-corrected chi connectivity index (χ1v) is 9.66. The summed E-state index contributed by atoms with van der Waals surface area (Å²) in [5.74, 6) is 0.993. The monoisotopic (exact) mass is 333 g/mol. The van der Waals surface area contributed by atoms with E-state index in [0.29, 0.717) is 24.8 Å². The van der Waals surface area contributed by atoms with Crippen molar-refractivity contribution >= 4 is 11.6 Å². The topological polar surface area (TPSA) is 26.0 Å². The maximum absolute atomic E-state index is 14.8. The minimum atomic E-state index is -0.822. The Morgan fingerprint density at radius 3 is 1.86 bits per heavy atom. The van der Waals surface area contributed by atoms with Crippen LogP contribution in [0.4, 0.5) is 8.78 Å². The summed E-state index contributed by atoms with van der Waals surface area (Å²) in [5, 5.41) is -0.0183. The zero-order chi connectivity index (χ0) is 15.7. The first-order valence-electron chi connectivity index (χ1n) is 9.22. The van der Waals surface area contributed by atoms with E-state index in [0.717, 1.165) is 51.4 Å². The third kappa shape index (κ3) is 3.77. The second-order valence-electron chi connectivity index (χ2n) is 8.02. The highest BCUT2D eigenvalue weighted by atomic mass is 35.5. The Hall–Kier alpha value is 0.110. The highest BCUT2D eigenvalue weighted by Gasteiger charge is 2.42. The summed E-state index contributed by atoms with van der Waals surface area (Å²) in [4.78, 5) is 0. The van der Waals surface area contributed by atoms with Gasteiger partial charge in [-0.05, 0) is 87.9 Å².